The lowest BCUT2D eigenvalue weighted by atomic mass is 10.1. The number of hydrogen-bond donors (Lipinski definition) is 0. The molecule has 1 amide bonds. The smallest absolute Gasteiger partial charge is 0.264 e. The SMILES string of the molecule is Cc1ccc(N2C(=O)c3ccccc3N(Cc3ccccc3)C/C2=C\c2cccs2)cc1. The summed E-state index contributed by atoms with van der Waals surface area (Å²) in [5, 5.41) is 2.07. The normalized spacial score (nSPS) is 15.0. The molecule has 0 fully saturated rings. The molecule has 0 aliphatic carbocycles. The maximum Gasteiger partial charge on any atom is 0.264 e. The molecule has 0 radical (unpaired) electrons. The molecule has 32 heavy (non-hydrogen) atoms. The highest BCUT2D eigenvalue weighted by Gasteiger charge is 2.30. The second kappa shape index (κ2) is 8.85. The van der Waals surface area contributed by atoms with Gasteiger partial charge in [0.15, 0.2) is 0 Å². The summed E-state index contributed by atoms with van der Waals surface area (Å²) in [5.74, 6) is 0.00261. The van der Waals surface area contributed by atoms with Crippen LogP contribution in [0.2, 0.25) is 0 Å². The Morgan fingerprint density at radius 1 is 0.875 bits per heavy atom. The molecule has 0 saturated carbocycles. The lowest BCUT2D eigenvalue weighted by Crippen LogP contribution is -2.32. The van der Waals surface area contributed by atoms with Crippen molar-refractivity contribution in [3.63, 3.8) is 0 Å². The molecule has 0 saturated heterocycles. The maximum absolute atomic E-state index is 13.9. The van der Waals surface area contributed by atoms with Crippen LogP contribution in [-0.2, 0) is 6.54 Å². The fourth-order valence-corrected chi connectivity index (χ4v) is 4.78. The topological polar surface area (TPSA) is 23.6 Å². The Balaban J connectivity index is 1.66. The van der Waals surface area contributed by atoms with E-state index in [1.807, 2.05) is 47.4 Å². The van der Waals surface area contributed by atoms with E-state index in [0.717, 1.165) is 34.1 Å². The van der Waals surface area contributed by atoms with E-state index in [1.165, 1.54) is 11.1 Å². The molecule has 5 rings (SSSR count). The van der Waals surface area contributed by atoms with Crippen molar-refractivity contribution in [2.45, 2.75) is 13.5 Å². The molecular formula is C28H24N2OS. The number of thiophene rings is 1. The average molecular weight is 437 g/mol. The van der Waals surface area contributed by atoms with Gasteiger partial charge in [-0.3, -0.25) is 9.69 Å². The highest BCUT2D eigenvalue weighted by atomic mass is 32.1. The molecule has 0 atom stereocenters. The summed E-state index contributed by atoms with van der Waals surface area (Å²) in [5.41, 5.74) is 5.93. The van der Waals surface area contributed by atoms with Crippen LogP contribution >= 0.6 is 11.3 Å². The van der Waals surface area contributed by atoms with Gasteiger partial charge in [0.1, 0.15) is 0 Å². The van der Waals surface area contributed by atoms with Crippen LogP contribution in [0.15, 0.2) is 102 Å². The monoisotopic (exact) mass is 436 g/mol. The quantitative estimate of drug-likeness (QED) is 0.353. The second-order valence-electron chi connectivity index (χ2n) is 7.99. The van der Waals surface area contributed by atoms with Crippen molar-refractivity contribution >= 4 is 34.7 Å². The summed E-state index contributed by atoms with van der Waals surface area (Å²) < 4.78 is 0. The Morgan fingerprint density at radius 2 is 1.62 bits per heavy atom. The van der Waals surface area contributed by atoms with Crippen LogP contribution in [0, 0.1) is 6.92 Å². The number of hydrogen-bond acceptors (Lipinski definition) is 3. The van der Waals surface area contributed by atoms with Gasteiger partial charge in [0.05, 0.1) is 17.8 Å². The predicted octanol–water partition coefficient (Wildman–Crippen LogP) is 6.76. The van der Waals surface area contributed by atoms with Crippen LogP contribution in [0.1, 0.15) is 26.4 Å². The Morgan fingerprint density at radius 3 is 2.38 bits per heavy atom. The molecular weight excluding hydrogens is 412 g/mol. The first-order valence-electron chi connectivity index (χ1n) is 10.7. The fraction of sp³-hybridized carbons (Fsp3) is 0.107. The maximum atomic E-state index is 13.9. The zero-order chi connectivity index (χ0) is 21.9. The largest absolute Gasteiger partial charge is 0.361 e. The third kappa shape index (κ3) is 4.10. The molecule has 1 aliphatic rings. The number of anilines is 2. The number of rotatable bonds is 4. The average Bonchev–Trinajstić information content (AvgIpc) is 3.30. The summed E-state index contributed by atoms with van der Waals surface area (Å²) in [4.78, 5) is 19.2. The number of aryl methyl sites for hydroxylation is 1. The van der Waals surface area contributed by atoms with Crippen molar-refractivity contribution in [3.05, 3.63) is 124 Å². The van der Waals surface area contributed by atoms with Gasteiger partial charge in [-0.2, -0.15) is 0 Å². The van der Waals surface area contributed by atoms with Gasteiger partial charge in [-0.25, -0.2) is 0 Å². The third-order valence-electron chi connectivity index (χ3n) is 5.68. The van der Waals surface area contributed by atoms with Crippen LogP contribution in [0.4, 0.5) is 11.4 Å². The van der Waals surface area contributed by atoms with Gasteiger partial charge in [-0.05, 0) is 54.3 Å². The van der Waals surface area contributed by atoms with Crippen LogP contribution in [0.25, 0.3) is 6.08 Å². The molecule has 1 aliphatic heterocycles. The Labute approximate surface area is 192 Å². The molecule has 0 unspecified atom stereocenters. The van der Waals surface area contributed by atoms with E-state index in [4.69, 9.17) is 0 Å². The minimum Gasteiger partial charge on any atom is -0.361 e. The minimum atomic E-state index is 0.00261. The van der Waals surface area contributed by atoms with Crippen LogP contribution in [-0.4, -0.2) is 12.5 Å². The first-order valence-corrected chi connectivity index (χ1v) is 11.6. The van der Waals surface area contributed by atoms with Crippen LogP contribution in [0.5, 0.6) is 0 Å². The van der Waals surface area contributed by atoms with Crippen molar-refractivity contribution in [1.29, 1.82) is 0 Å². The molecule has 0 spiro atoms. The Bertz CT molecular complexity index is 1240. The number of carbonyl (C=O) groups is 1. The summed E-state index contributed by atoms with van der Waals surface area (Å²) in [6, 6.07) is 30.7. The summed E-state index contributed by atoms with van der Waals surface area (Å²) in [6.45, 7) is 3.42. The zero-order valence-electron chi connectivity index (χ0n) is 17.9. The number of fused-ring (bicyclic) bond motifs is 1. The van der Waals surface area contributed by atoms with Crippen LogP contribution in [0.3, 0.4) is 0 Å². The van der Waals surface area contributed by atoms with Gasteiger partial charge >= 0.3 is 0 Å². The van der Waals surface area contributed by atoms with Crippen LogP contribution < -0.4 is 9.80 Å². The van der Waals surface area contributed by atoms with E-state index in [2.05, 4.69) is 71.8 Å². The fourth-order valence-electron chi connectivity index (χ4n) is 4.10. The molecule has 158 valence electrons. The van der Waals surface area contributed by atoms with Crippen molar-refractivity contribution in [2.24, 2.45) is 0 Å². The number of amides is 1. The summed E-state index contributed by atoms with van der Waals surface area (Å²) in [6.07, 6.45) is 2.15. The minimum absolute atomic E-state index is 0.00261. The Hall–Kier alpha value is -3.63. The van der Waals surface area contributed by atoms with Crippen molar-refractivity contribution < 1.29 is 4.79 Å². The molecule has 1 aromatic heterocycles. The summed E-state index contributed by atoms with van der Waals surface area (Å²) >= 11 is 1.68. The molecule has 0 N–H and O–H groups in total. The number of para-hydroxylation sites is 1. The van der Waals surface area contributed by atoms with Gasteiger partial charge < -0.3 is 4.90 Å². The van der Waals surface area contributed by atoms with E-state index in [1.54, 1.807) is 11.3 Å². The molecule has 4 aromatic rings. The number of benzene rings is 3. The van der Waals surface area contributed by atoms with Crippen molar-refractivity contribution in [1.82, 2.24) is 0 Å². The number of carbonyl (C=O) groups excluding carboxylic acids is 1. The van der Waals surface area contributed by atoms with Gasteiger partial charge in [0.25, 0.3) is 5.91 Å². The van der Waals surface area contributed by atoms with Gasteiger partial charge in [-0.15, -0.1) is 11.3 Å². The molecule has 3 nitrogen and oxygen atoms in total. The van der Waals surface area contributed by atoms with E-state index in [-0.39, 0.29) is 5.91 Å². The molecule has 0 bridgehead atoms. The zero-order valence-corrected chi connectivity index (χ0v) is 18.8. The van der Waals surface area contributed by atoms with Gasteiger partial charge in [0, 0.05) is 22.8 Å². The van der Waals surface area contributed by atoms with Crippen molar-refractivity contribution in [2.75, 3.05) is 16.3 Å². The first-order chi connectivity index (χ1) is 15.7. The van der Waals surface area contributed by atoms with E-state index in [9.17, 15) is 4.79 Å². The van der Waals surface area contributed by atoms with Gasteiger partial charge in [-0.1, -0.05) is 66.2 Å². The third-order valence-corrected chi connectivity index (χ3v) is 6.50. The molecule has 3 aromatic carbocycles. The summed E-state index contributed by atoms with van der Waals surface area (Å²) in [7, 11) is 0. The van der Waals surface area contributed by atoms with E-state index < -0.39 is 0 Å². The molecule has 4 heteroatoms. The Kier molecular flexibility index (Phi) is 5.61. The van der Waals surface area contributed by atoms with Crippen molar-refractivity contribution in [3.8, 4) is 0 Å². The highest BCUT2D eigenvalue weighted by Crippen LogP contribution is 2.34. The highest BCUT2D eigenvalue weighted by molar-refractivity contribution is 7.10. The van der Waals surface area contributed by atoms with E-state index >= 15 is 0 Å². The predicted molar refractivity (Wildman–Crippen MR) is 134 cm³/mol. The second-order valence-corrected chi connectivity index (χ2v) is 8.97. The van der Waals surface area contributed by atoms with E-state index in [0.29, 0.717) is 6.54 Å². The standard InChI is InChI=1S/C28H24N2OS/c1-21-13-15-23(16-14-21)30-24(18-25-10-7-17-32-25)20-29(19-22-8-3-2-4-9-22)27-12-6-5-11-26(27)28(30)31/h2-18H,19-20H2,1H3/b24-18+. The lowest BCUT2D eigenvalue weighted by molar-refractivity contribution is 0.0997. The van der Waals surface area contributed by atoms with Gasteiger partial charge in [0.2, 0.25) is 0 Å². The number of nitrogens with zero attached hydrogens (tertiary/aromatic N) is 2. The molecule has 2 heterocycles. The first kappa shape index (κ1) is 20.3. The lowest BCUT2D eigenvalue weighted by Gasteiger charge is -2.27.